The van der Waals surface area contributed by atoms with Crippen molar-refractivity contribution in [1.82, 2.24) is 24.5 Å². The van der Waals surface area contributed by atoms with E-state index in [0.29, 0.717) is 5.91 Å². The molecular weight excluding hydrogens is 412 g/mol. The fourth-order valence-electron chi connectivity index (χ4n) is 5.31. The van der Waals surface area contributed by atoms with E-state index in [0.717, 1.165) is 72.9 Å². The van der Waals surface area contributed by atoms with Gasteiger partial charge < -0.3 is 9.80 Å². The van der Waals surface area contributed by atoms with Gasteiger partial charge in [-0.25, -0.2) is 9.38 Å². The number of fused-ring (bicyclic) bond motifs is 3. The zero-order chi connectivity index (χ0) is 22.4. The number of para-hydroxylation sites is 1. The van der Waals surface area contributed by atoms with Crippen molar-refractivity contribution in [3.63, 3.8) is 0 Å². The number of rotatable bonds is 3. The van der Waals surface area contributed by atoms with Crippen molar-refractivity contribution in [1.29, 1.82) is 0 Å². The standard InChI is InChI=1S/C26H28N6O/c1-18-7-6-10-20(17-18)23-28-29-24-21-11-4-5-12-22(21)27-26(32(23)24)31-15-13-30(14-16-31)25(33)19-8-2-3-9-19/h4-7,10-12,17,19H,2-3,8-9,13-16H2,1H3. The van der Waals surface area contributed by atoms with Crippen LogP contribution in [0.25, 0.3) is 27.9 Å². The van der Waals surface area contributed by atoms with E-state index >= 15 is 0 Å². The molecule has 1 saturated heterocycles. The molecule has 33 heavy (non-hydrogen) atoms. The second kappa shape index (κ2) is 8.14. The summed E-state index contributed by atoms with van der Waals surface area (Å²) in [5.74, 6) is 2.21. The summed E-state index contributed by atoms with van der Waals surface area (Å²) in [6, 6.07) is 16.4. The van der Waals surface area contributed by atoms with Crippen molar-refractivity contribution in [3.05, 3.63) is 54.1 Å². The molecule has 1 aliphatic carbocycles. The molecule has 7 heteroatoms. The predicted molar refractivity (Wildman–Crippen MR) is 129 cm³/mol. The minimum Gasteiger partial charge on any atom is -0.339 e. The molecule has 0 unspecified atom stereocenters. The number of aryl methyl sites for hydroxylation is 1. The van der Waals surface area contributed by atoms with E-state index in [4.69, 9.17) is 4.98 Å². The number of piperazine rings is 1. The average Bonchev–Trinajstić information content (AvgIpc) is 3.54. The quantitative estimate of drug-likeness (QED) is 0.480. The minimum atomic E-state index is 0.229. The van der Waals surface area contributed by atoms with Crippen LogP contribution in [0.4, 0.5) is 5.95 Å². The Labute approximate surface area is 193 Å². The molecule has 2 aromatic heterocycles. The molecule has 2 aromatic carbocycles. The lowest BCUT2D eigenvalue weighted by molar-refractivity contribution is -0.135. The Bertz CT molecular complexity index is 1330. The highest BCUT2D eigenvalue weighted by Crippen LogP contribution is 2.30. The van der Waals surface area contributed by atoms with Gasteiger partial charge in [-0.3, -0.25) is 4.79 Å². The number of carbonyl (C=O) groups is 1. The molecule has 0 spiro atoms. The Balaban J connectivity index is 1.40. The van der Waals surface area contributed by atoms with Crippen LogP contribution in [0.1, 0.15) is 31.2 Å². The van der Waals surface area contributed by atoms with Crippen LogP contribution < -0.4 is 4.90 Å². The number of hydrogen-bond acceptors (Lipinski definition) is 5. The van der Waals surface area contributed by atoms with Gasteiger partial charge in [0.15, 0.2) is 11.5 Å². The predicted octanol–water partition coefficient (Wildman–Crippen LogP) is 4.09. The summed E-state index contributed by atoms with van der Waals surface area (Å²) in [5.41, 5.74) is 3.93. The van der Waals surface area contributed by atoms with Gasteiger partial charge in [0.1, 0.15) is 0 Å². The second-order valence-electron chi connectivity index (χ2n) is 9.27. The zero-order valence-electron chi connectivity index (χ0n) is 18.9. The van der Waals surface area contributed by atoms with Gasteiger partial charge in [0.2, 0.25) is 11.9 Å². The Hall–Kier alpha value is -3.48. The van der Waals surface area contributed by atoms with Gasteiger partial charge in [-0.2, -0.15) is 0 Å². The number of anilines is 1. The molecule has 0 atom stereocenters. The summed E-state index contributed by atoms with van der Waals surface area (Å²) >= 11 is 0. The van der Waals surface area contributed by atoms with Crippen LogP contribution in [0.5, 0.6) is 0 Å². The monoisotopic (exact) mass is 440 g/mol. The summed E-state index contributed by atoms with van der Waals surface area (Å²) in [5, 5.41) is 10.2. The lowest BCUT2D eigenvalue weighted by atomic mass is 10.1. The molecule has 3 heterocycles. The van der Waals surface area contributed by atoms with Crippen LogP contribution in [-0.4, -0.2) is 56.6 Å². The first-order chi connectivity index (χ1) is 16.2. The van der Waals surface area contributed by atoms with E-state index in [-0.39, 0.29) is 5.92 Å². The van der Waals surface area contributed by atoms with Gasteiger partial charge in [-0.1, -0.05) is 48.7 Å². The Morgan fingerprint density at radius 2 is 1.73 bits per heavy atom. The Morgan fingerprint density at radius 3 is 2.52 bits per heavy atom. The smallest absolute Gasteiger partial charge is 0.225 e. The number of nitrogens with zero attached hydrogens (tertiary/aromatic N) is 6. The van der Waals surface area contributed by atoms with E-state index in [9.17, 15) is 4.79 Å². The Kier molecular flexibility index (Phi) is 4.97. The first-order valence-corrected chi connectivity index (χ1v) is 11.9. The summed E-state index contributed by atoms with van der Waals surface area (Å²) in [6.07, 6.45) is 4.47. The Morgan fingerprint density at radius 1 is 0.939 bits per heavy atom. The van der Waals surface area contributed by atoms with E-state index in [1.165, 1.54) is 18.4 Å². The van der Waals surface area contributed by atoms with Crippen LogP contribution in [0.3, 0.4) is 0 Å². The molecule has 1 saturated carbocycles. The number of benzene rings is 2. The normalized spacial score (nSPS) is 17.4. The van der Waals surface area contributed by atoms with Crippen molar-refractivity contribution < 1.29 is 4.79 Å². The molecule has 0 bridgehead atoms. The molecule has 1 amide bonds. The SMILES string of the molecule is Cc1cccc(-c2nnc3c4ccccc4nc(N4CCN(C(=O)C5CCCC5)CC4)n23)c1. The molecule has 4 aromatic rings. The molecular formula is C26H28N6O. The largest absolute Gasteiger partial charge is 0.339 e. The third-order valence-corrected chi connectivity index (χ3v) is 7.08. The van der Waals surface area contributed by atoms with Crippen molar-refractivity contribution >= 4 is 28.4 Å². The van der Waals surface area contributed by atoms with Crippen LogP contribution in [-0.2, 0) is 4.79 Å². The minimum absolute atomic E-state index is 0.229. The average molecular weight is 441 g/mol. The van der Waals surface area contributed by atoms with E-state index < -0.39 is 0 Å². The lowest BCUT2D eigenvalue weighted by Gasteiger charge is -2.36. The first-order valence-electron chi connectivity index (χ1n) is 11.9. The second-order valence-corrected chi connectivity index (χ2v) is 9.27. The molecule has 1 aliphatic heterocycles. The van der Waals surface area contributed by atoms with Gasteiger partial charge in [-0.15, -0.1) is 10.2 Å². The molecule has 2 fully saturated rings. The number of amides is 1. The topological polar surface area (TPSA) is 66.6 Å². The van der Waals surface area contributed by atoms with Crippen molar-refractivity contribution in [2.24, 2.45) is 5.92 Å². The molecule has 0 radical (unpaired) electrons. The summed E-state index contributed by atoms with van der Waals surface area (Å²) in [6.45, 7) is 5.05. The summed E-state index contributed by atoms with van der Waals surface area (Å²) < 4.78 is 2.09. The highest BCUT2D eigenvalue weighted by molar-refractivity contribution is 5.93. The fraction of sp³-hybridized carbons (Fsp3) is 0.385. The zero-order valence-corrected chi connectivity index (χ0v) is 18.9. The lowest BCUT2D eigenvalue weighted by Crippen LogP contribution is -2.50. The first kappa shape index (κ1) is 20.1. The maximum Gasteiger partial charge on any atom is 0.225 e. The molecule has 0 N–H and O–H groups in total. The van der Waals surface area contributed by atoms with E-state index in [2.05, 4.69) is 49.5 Å². The van der Waals surface area contributed by atoms with E-state index in [1.54, 1.807) is 0 Å². The van der Waals surface area contributed by atoms with Gasteiger partial charge >= 0.3 is 0 Å². The molecule has 2 aliphatic rings. The summed E-state index contributed by atoms with van der Waals surface area (Å²) in [7, 11) is 0. The highest BCUT2D eigenvalue weighted by Gasteiger charge is 2.31. The number of hydrogen-bond donors (Lipinski definition) is 0. The summed E-state index contributed by atoms with van der Waals surface area (Å²) in [4.78, 5) is 22.3. The third kappa shape index (κ3) is 3.52. The van der Waals surface area contributed by atoms with E-state index in [1.807, 2.05) is 30.3 Å². The van der Waals surface area contributed by atoms with Gasteiger partial charge in [-0.05, 0) is 38.0 Å². The van der Waals surface area contributed by atoms with Crippen LogP contribution >= 0.6 is 0 Å². The highest BCUT2D eigenvalue weighted by atomic mass is 16.2. The third-order valence-electron chi connectivity index (χ3n) is 7.08. The van der Waals surface area contributed by atoms with Crippen LogP contribution in [0.15, 0.2) is 48.5 Å². The van der Waals surface area contributed by atoms with Crippen molar-refractivity contribution in [3.8, 4) is 11.4 Å². The number of aromatic nitrogens is 4. The number of carbonyl (C=O) groups excluding carboxylic acids is 1. The van der Waals surface area contributed by atoms with Gasteiger partial charge in [0.25, 0.3) is 0 Å². The fourth-order valence-corrected chi connectivity index (χ4v) is 5.31. The van der Waals surface area contributed by atoms with Crippen LogP contribution in [0, 0.1) is 12.8 Å². The van der Waals surface area contributed by atoms with Gasteiger partial charge in [0.05, 0.1) is 5.52 Å². The molecule has 7 nitrogen and oxygen atoms in total. The maximum absolute atomic E-state index is 12.9. The van der Waals surface area contributed by atoms with Crippen molar-refractivity contribution in [2.75, 3.05) is 31.1 Å². The molecule has 168 valence electrons. The molecule has 6 rings (SSSR count). The van der Waals surface area contributed by atoms with Gasteiger partial charge in [0, 0.05) is 43.0 Å². The van der Waals surface area contributed by atoms with Crippen molar-refractivity contribution in [2.45, 2.75) is 32.6 Å². The maximum atomic E-state index is 12.9. The van der Waals surface area contributed by atoms with Crippen LogP contribution in [0.2, 0.25) is 0 Å².